The first kappa shape index (κ1) is 19.9. The minimum atomic E-state index is -0.200. The molecule has 1 heterocycles. The Morgan fingerprint density at radius 3 is 2.79 bits per heavy atom. The maximum Gasteiger partial charge on any atom is 0.321 e. The zero-order valence-corrected chi connectivity index (χ0v) is 17.3. The van der Waals surface area contributed by atoms with Crippen molar-refractivity contribution in [3.63, 3.8) is 0 Å². The van der Waals surface area contributed by atoms with Crippen LogP contribution in [0.1, 0.15) is 17.3 Å². The summed E-state index contributed by atoms with van der Waals surface area (Å²) in [6.45, 7) is 2.66. The number of ether oxygens (including phenoxy) is 1. The number of anilines is 1. The van der Waals surface area contributed by atoms with Gasteiger partial charge in [0.15, 0.2) is 12.4 Å². The number of halogens is 1. The number of urea groups is 1. The van der Waals surface area contributed by atoms with Crippen molar-refractivity contribution in [2.45, 2.75) is 20.0 Å². The van der Waals surface area contributed by atoms with Crippen LogP contribution in [0.5, 0.6) is 5.75 Å². The highest BCUT2D eigenvalue weighted by Gasteiger charge is 2.12. The lowest BCUT2D eigenvalue weighted by atomic mass is 10.2. The Labute approximate surface area is 171 Å². The zero-order chi connectivity index (χ0) is 19.9. The number of aromatic nitrogens is 2. The van der Waals surface area contributed by atoms with Crippen molar-refractivity contribution in [1.82, 2.24) is 15.0 Å². The normalized spacial score (nSPS) is 10.5. The first-order chi connectivity index (χ1) is 13.5. The molecule has 0 saturated carbocycles. The van der Waals surface area contributed by atoms with Gasteiger partial charge in [-0.3, -0.25) is 0 Å². The van der Waals surface area contributed by atoms with Gasteiger partial charge in [0.1, 0.15) is 5.75 Å². The number of hydrogen-bond acceptors (Lipinski definition) is 5. The van der Waals surface area contributed by atoms with E-state index >= 15 is 0 Å². The molecule has 1 aromatic heterocycles. The van der Waals surface area contributed by atoms with Gasteiger partial charge >= 0.3 is 6.03 Å². The molecular formula is C20H21BrN4O3. The van der Waals surface area contributed by atoms with Crippen LogP contribution in [0.2, 0.25) is 0 Å². The van der Waals surface area contributed by atoms with Crippen molar-refractivity contribution in [3.8, 4) is 5.75 Å². The molecule has 0 atom stereocenters. The standard InChI is InChI=1S/C20H21BrN4O3/c1-14-4-3-5-17(12-14)27-13-19-23-18(24-28-19)10-11-25(2)20(26)22-16-8-6-15(21)7-9-16/h3-9,12H,10-11,13H2,1-2H3,(H,22,26). The van der Waals surface area contributed by atoms with Gasteiger partial charge in [-0.15, -0.1) is 0 Å². The second kappa shape index (κ2) is 9.36. The van der Waals surface area contributed by atoms with E-state index in [0.29, 0.717) is 24.7 Å². The molecule has 28 heavy (non-hydrogen) atoms. The topological polar surface area (TPSA) is 80.5 Å². The van der Waals surface area contributed by atoms with Gasteiger partial charge < -0.3 is 19.5 Å². The van der Waals surface area contributed by atoms with E-state index in [4.69, 9.17) is 9.26 Å². The number of carbonyl (C=O) groups is 1. The van der Waals surface area contributed by atoms with E-state index in [1.54, 1.807) is 11.9 Å². The predicted octanol–water partition coefficient (Wildman–Crippen LogP) is 4.43. The summed E-state index contributed by atoms with van der Waals surface area (Å²) >= 11 is 3.37. The van der Waals surface area contributed by atoms with E-state index in [0.717, 1.165) is 21.5 Å². The Morgan fingerprint density at radius 1 is 1.25 bits per heavy atom. The Kier molecular flexibility index (Phi) is 6.65. The average molecular weight is 445 g/mol. The minimum absolute atomic E-state index is 0.200. The van der Waals surface area contributed by atoms with Crippen molar-refractivity contribution in [1.29, 1.82) is 0 Å². The third kappa shape index (κ3) is 5.82. The summed E-state index contributed by atoms with van der Waals surface area (Å²) in [6, 6.07) is 14.9. The monoisotopic (exact) mass is 444 g/mol. The lowest BCUT2D eigenvalue weighted by Crippen LogP contribution is -2.33. The summed E-state index contributed by atoms with van der Waals surface area (Å²) in [5.41, 5.74) is 1.85. The van der Waals surface area contributed by atoms with E-state index in [1.165, 1.54) is 0 Å². The van der Waals surface area contributed by atoms with Gasteiger partial charge in [-0.2, -0.15) is 4.98 Å². The zero-order valence-electron chi connectivity index (χ0n) is 15.7. The first-order valence-corrected chi connectivity index (χ1v) is 9.57. The van der Waals surface area contributed by atoms with Crippen LogP contribution in [0.25, 0.3) is 0 Å². The molecule has 8 heteroatoms. The van der Waals surface area contributed by atoms with Crippen molar-refractivity contribution in [2.24, 2.45) is 0 Å². The molecule has 1 N–H and O–H groups in total. The molecule has 0 saturated heterocycles. The molecule has 3 rings (SSSR count). The van der Waals surface area contributed by atoms with Crippen LogP contribution < -0.4 is 10.1 Å². The van der Waals surface area contributed by atoms with Gasteiger partial charge in [0.2, 0.25) is 0 Å². The number of amides is 2. The van der Waals surface area contributed by atoms with Crippen LogP contribution in [0.3, 0.4) is 0 Å². The molecule has 7 nitrogen and oxygen atoms in total. The van der Waals surface area contributed by atoms with Gasteiger partial charge in [0, 0.05) is 30.2 Å². The number of hydrogen-bond donors (Lipinski definition) is 1. The summed E-state index contributed by atoms with van der Waals surface area (Å²) in [5.74, 6) is 1.69. The van der Waals surface area contributed by atoms with Gasteiger partial charge in [-0.1, -0.05) is 33.2 Å². The van der Waals surface area contributed by atoms with E-state index < -0.39 is 0 Å². The number of aryl methyl sites for hydroxylation is 1. The predicted molar refractivity (Wildman–Crippen MR) is 109 cm³/mol. The summed E-state index contributed by atoms with van der Waals surface area (Å²) in [7, 11) is 1.72. The number of likely N-dealkylation sites (N-methyl/N-ethyl adjacent to an activating group) is 1. The Bertz CT molecular complexity index is 927. The molecule has 3 aromatic rings. The van der Waals surface area contributed by atoms with Gasteiger partial charge in [-0.05, 0) is 48.9 Å². The second-order valence-electron chi connectivity index (χ2n) is 6.32. The molecule has 0 spiro atoms. The fourth-order valence-electron chi connectivity index (χ4n) is 2.42. The number of nitrogens with zero attached hydrogens (tertiary/aromatic N) is 3. The average Bonchev–Trinajstić information content (AvgIpc) is 3.14. The van der Waals surface area contributed by atoms with E-state index in [9.17, 15) is 4.79 Å². The van der Waals surface area contributed by atoms with Crippen molar-refractivity contribution in [2.75, 3.05) is 18.9 Å². The van der Waals surface area contributed by atoms with E-state index in [1.807, 2.05) is 55.5 Å². The van der Waals surface area contributed by atoms with Crippen LogP contribution in [-0.4, -0.2) is 34.7 Å². The number of carbonyl (C=O) groups excluding carboxylic acids is 1. The largest absolute Gasteiger partial charge is 0.484 e. The van der Waals surface area contributed by atoms with Crippen molar-refractivity contribution in [3.05, 3.63) is 70.3 Å². The summed E-state index contributed by atoms with van der Waals surface area (Å²) in [4.78, 5) is 18.1. The Balaban J connectivity index is 1.45. The highest BCUT2D eigenvalue weighted by atomic mass is 79.9. The summed E-state index contributed by atoms with van der Waals surface area (Å²) < 4.78 is 11.8. The van der Waals surface area contributed by atoms with Crippen molar-refractivity contribution >= 4 is 27.6 Å². The SMILES string of the molecule is Cc1cccc(OCc2nc(CCN(C)C(=O)Nc3ccc(Br)cc3)no2)c1. The van der Waals surface area contributed by atoms with Gasteiger partial charge in [0.25, 0.3) is 5.89 Å². The molecule has 0 radical (unpaired) electrons. The molecule has 0 fully saturated rings. The van der Waals surface area contributed by atoms with Crippen molar-refractivity contribution < 1.29 is 14.1 Å². The molecule has 0 aliphatic heterocycles. The molecular weight excluding hydrogens is 424 g/mol. The molecule has 0 aliphatic rings. The third-order valence-electron chi connectivity index (χ3n) is 3.98. The molecule has 0 unspecified atom stereocenters. The number of benzene rings is 2. The maximum absolute atomic E-state index is 12.2. The van der Waals surface area contributed by atoms with Crippen LogP contribution in [-0.2, 0) is 13.0 Å². The summed E-state index contributed by atoms with van der Waals surface area (Å²) in [5, 5.41) is 6.78. The summed E-state index contributed by atoms with van der Waals surface area (Å²) in [6.07, 6.45) is 0.484. The fourth-order valence-corrected chi connectivity index (χ4v) is 2.69. The third-order valence-corrected chi connectivity index (χ3v) is 4.50. The van der Waals surface area contributed by atoms with E-state index in [2.05, 4.69) is 31.4 Å². The molecule has 2 aromatic carbocycles. The maximum atomic E-state index is 12.2. The Morgan fingerprint density at radius 2 is 2.04 bits per heavy atom. The lowest BCUT2D eigenvalue weighted by molar-refractivity contribution is 0.222. The molecule has 146 valence electrons. The minimum Gasteiger partial charge on any atom is -0.484 e. The van der Waals surface area contributed by atoms with Crippen LogP contribution in [0, 0.1) is 6.92 Å². The highest BCUT2D eigenvalue weighted by molar-refractivity contribution is 9.10. The quantitative estimate of drug-likeness (QED) is 0.582. The number of rotatable bonds is 7. The Hall–Kier alpha value is -2.87. The smallest absolute Gasteiger partial charge is 0.321 e. The van der Waals surface area contributed by atoms with Crippen LogP contribution in [0.4, 0.5) is 10.5 Å². The van der Waals surface area contributed by atoms with Crippen LogP contribution >= 0.6 is 15.9 Å². The van der Waals surface area contributed by atoms with Gasteiger partial charge in [-0.25, -0.2) is 4.79 Å². The van der Waals surface area contributed by atoms with Crippen LogP contribution in [0.15, 0.2) is 57.5 Å². The first-order valence-electron chi connectivity index (χ1n) is 8.78. The van der Waals surface area contributed by atoms with E-state index in [-0.39, 0.29) is 12.6 Å². The number of nitrogens with one attached hydrogen (secondary N) is 1. The lowest BCUT2D eigenvalue weighted by Gasteiger charge is -2.17. The molecule has 0 aliphatic carbocycles. The second-order valence-corrected chi connectivity index (χ2v) is 7.23. The fraction of sp³-hybridized carbons (Fsp3) is 0.250. The molecule has 0 bridgehead atoms. The van der Waals surface area contributed by atoms with Gasteiger partial charge in [0.05, 0.1) is 0 Å². The highest BCUT2D eigenvalue weighted by Crippen LogP contribution is 2.15. The molecule has 2 amide bonds.